The Labute approximate surface area is 180 Å². The van der Waals surface area contributed by atoms with Crippen LogP contribution in [0.3, 0.4) is 0 Å². The number of benzene rings is 2. The molecule has 31 heavy (non-hydrogen) atoms. The minimum absolute atomic E-state index is 0.0122. The van der Waals surface area contributed by atoms with Crippen LogP contribution in [0.25, 0.3) is 5.69 Å². The summed E-state index contributed by atoms with van der Waals surface area (Å²) in [5.74, 6) is 0.840. The third-order valence-electron chi connectivity index (χ3n) is 5.52. The topological polar surface area (TPSA) is 90.5 Å². The number of hydrogen-bond donors (Lipinski definition) is 0. The lowest BCUT2D eigenvalue weighted by Crippen LogP contribution is -2.41. The third-order valence-corrected chi connectivity index (χ3v) is 5.52. The molecule has 1 amide bonds. The smallest absolute Gasteiger partial charge is 0.269 e. The highest BCUT2D eigenvalue weighted by molar-refractivity contribution is 5.93. The number of aromatic nitrogens is 2. The van der Waals surface area contributed by atoms with Crippen molar-refractivity contribution in [3.05, 3.63) is 81.7 Å². The number of ether oxygens (including phenoxy) is 1. The van der Waals surface area contributed by atoms with Crippen LogP contribution >= 0.6 is 0 Å². The van der Waals surface area contributed by atoms with Gasteiger partial charge in [-0.15, -0.1) is 0 Å². The lowest BCUT2D eigenvalue weighted by molar-refractivity contribution is -0.384. The number of amides is 1. The molecule has 1 fully saturated rings. The van der Waals surface area contributed by atoms with Crippen LogP contribution < -0.4 is 4.74 Å². The maximum Gasteiger partial charge on any atom is 0.269 e. The molecular formula is C23H24N4O4. The van der Waals surface area contributed by atoms with Gasteiger partial charge in [0, 0.05) is 44.3 Å². The van der Waals surface area contributed by atoms with Crippen molar-refractivity contribution in [3.8, 4) is 11.4 Å². The molecule has 160 valence electrons. The quantitative estimate of drug-likeness (QED) is 0.458. The molecule has 1 aliphatic rings. The number of piperidine rings is 1. The Morgan fingerprint density at radius 2 is 1.84 bits per heavy atom. The largest absolute Gasteiger partial charge is 0.490 e. The molecule has 1 aliphatic heterocycles. The normalized spacial score (nSPS) is 14.5. The van der Waals surface area contributed by atoms with Crippen molar-refractivity contribution in [1.29, 1.82) is 0 Å². The summed E-state index contributed by atoms with van der Waals surface area (Å²) < 4.78 is 7.74. The van der Waals surface area contributed by atoms with E-state index in [2.05, 4.69) is 23.3 Å². The van der Waals surface area contributed by atoms with Crippen LogP contribution in [-0.2, 0) is 0 Å². The molecule has 0 spiro atoms. The number of nitro benzene ring substituents is 1. The number of hydrogen-bond acceptors (Lipinski definition) is 5. The molecule has 0 atom stereocenters. The maximum atomic E-state index is 12.9. The van der Waals surface area contributed by atoms with Crippen molar-refractivity contribution in [2.75, 3.05) is 13.1 Å². The SMILES string of the molecule is Cc1ccc(C)c(OC2CCN(C(=O)c3cnn(-c4ccc([N+](=O)[O-])cc4)c3)CC2)c1. The van der Waals surface area contributed by atoms with Gasteiger partial charge in [-0.3, -0.25) is 14.9 Å². The second-order valence-corrected chi connectivity index (χ2v) is 7.83. The van der Waals surface area contributed by atoms with Crippen molar-refractivity contribution < 1.29 is 14.5 Å². The fourth-order valence-corrected chi connectivity index (χ4v) is 3.67. The molecule has 0 aliphatic carbocycles. The van der Waals surface area contributed by atoms with E-state index < -0.39 is 4.92 Å². The van der Waals surface area contributed by atoms with Gasteiger partial charge in [0.1, 0.15) is 11.9 Å². The molecule has 0 unspecified atom stereocenters. The lowest BCUT2D eigenvalue weighted by Gasteiger charge is -2.32. The predicted octanol–water partition coefficient (Wildman–Crippen LogP) is 4.08. The zero-order chi connectivity index (χ0) is 22.0. The molecule has 0 saturated carbocycles. The predicted molar refractivity (Wildman–Crippen MR) is 116 cm³/mol. The van der Waals surface area contributed by atoms with Gasteiger partial charge in [0.15, 0.2) is 0 Å². The van der Waals surface area contributed by atoms with E-state index in [-0.39, 0.29) is 17.7 Å². The second-order valence-electron chi connectivity index (χ2n) is 7.83. The van der Waals surface area contributed by atoms with Gasteiger partial charge in [0.05, 0.1) is 22.4 Å². The Hall–Kier alpha value is -3.68. The molecule has 4 rings (SSSR count). The van der Waals surface area contributed by atoms with E-state index in [1.54, 1.807) is 23.0 Å². The first kappa shape index (κ1) is 20.6. The van der Waals surface area contributed by atoms with E-state index >= 15 is 0 Å². The molecule has 2 aromatic carbocycles. The fraction of sp³-hybridized carbons (Fsp3) is 0.304. The molecular weight excluding hydrogens is 396 g/mol. The lowest BCUT2D eigenvalue weighted by atomic mass is 10.1. The van der Waals surface area contributed by atoms with Crippen LogP contribution in [0.4, 0.5) is 5.69 Å². The third kappa shape index (κ3) is 4.58. The molecule has 8 heteroatoms. The summed E-state index contributed by atoms with van der Waals surface area (Å²) in [6.45, 7) is 5.33. The van der Waals surface area contributed by atoms with Gasteiger partial charge in [0.25, 0.3) is 11.6 Å². The molecule has 8 nitrogen and oxygen atoms in total. The van der Waals surface area contributed by atoms with Gasteiger partial charge in [-0.1, -0.05) is 12.1 Å². The highest BCUT2D eigenvalue weighted by Gasteiger charge is 2.26. The number of nitro groups is 1. The van der Waals surface area contributed by atoms with E-state index in [0.717, 1.165) is 24.2 Å². The summed E-state index contributed by atoms with van der Waals surface area (Å²) in [4.78, 5) is 25.1. The number of carbonyl (C=O) groups excluding carboxylic acids is 1. The Morgan fingerprint density at radius 1 is 1.13 bits per heavy atom. The Kier molecular flexibility index (Phi) is 5.70. The highest BCUT2D eigenvalue weighted by atomic mass is 16.6. The van der Waals surface area contributed by atoms with Crippen molar-refractivity contribution in [1.82, 2.24) is 14.7 Å². The second kappa shape index (κ2) is 8.59. The van der Waals surface area contributed by atoms with E-state index in [4.69, 9.17) is 4.74 Å². The molecule has 1 aromatic heterocycles. The number of aryl methyl sites for hydroxylation is 2. The average molecular weight is 420 g/mol. The van der Waals surface area contributed by atoms with E-state index in [1.165, 1.54) is 23.9 Å². The zero-order valence-corrected chi connectivity index (χ0v) is 17.5. The average Bonchev–Trinajstić information content (AvgIpc) is 3.27. The fourth-order valence-electron chi connectivity index (χ4n) is 3.67. The Bertz CT molecular complexity index is 1100. The van der Waals surface area contributed by atoms with Gasteiger partial charge < -0.3 is 9.64 Å². The number of carbonyl (C=O) groups is 1. The first-order chi connectivity index (χ1) is 14.9. The number of nitrogens with zero attached hydrogens (tertiary/aromatic N) is 4. The zero-order valence-electron chi connectivity index (χ0n) is 17.5. The Balaban J connectivity index is 1.37. The maximum absolute atomic E-state index is 12.9. The number of likely N-dealkylation sites (tertiary alicyclic amines) is 1. The van der Waals surface area contributed by atoms with E-state index in [9.17, 15) is 14.9 Å². The van der Waals surface area contributed by atoms with Gasteiger partial charge >= 0.3 is 0 Å². The monoisotopic (exact) mass is 420 g/mol. The van der Waals surface area contributed by atoms with E-state index in [0.29, 0.717) is 24.3 Å². The summed E-state index contributed by atoms with van der Waals surface area (Å²) in [5.41, 5.74) is 3.44. The summed E-state index contributed by atoms with van der Waals surface area (Å²) >= 11 is 0. The van der Waals surface area contributed by atoms with Gasteiger partial charge in [-0.25, -0.2) is 4.68 Å². The molecule has 2 heterocycles. The van der Waals surface area contributed by atoms with Crippen LogP contribution in [0.15, 0.2) is 54.9 Å². The van der Waals surface area contributed by atoms with Gasteiger partial charge in [-0.05, 0) is 43.2 Å². The van der Waals surface area contributed by atoms with Gasteiger partial charge in [0.2, 0.25) is 0 Å². The minimum atomic E-state index is -0.449. The summed E-state index contributed by atoms with van der Waals surface area (Å²) in [6, 6.07) is 12.2. The van der Waals surface area contributed by atoms with Gasteiger partial charge in [-0.2, -0.15) is 5.10 Å². The van der Waals surface area contributed by atoms with Crippen LogP contribution in [0.2, 0.25) is 0 Å². The first-order valence-electron chi connectivity index (χ1n) is 10.2. The van der Waals surface area contributed by atoms with Crippen LogP contribution in [0.5, 0.6) is 5.75 Å². The van der Waals surface area contributed by atoms with Crippen molar-refractivity contribution >= 4 is 11.6 Å². The summed E-state index contributed by atoms with van der Waals surface area (Å²) in [7, 11) is 0. The summed E-state index contributed by atoms with van der Waals surface area (Å²) in [5, 5.41) is 15.0. The highest BCUT2D eigenvalue weighted by Crippen LogP contribution is 2.24. The van der Waals surface area contributed by atoms with Crippen molar-refractivity contribution in [2.24, 2.45) is 0 Å². The molecule has 0 bridgehead atoms. The number of non-ortho nitro benzene ring substituents is 1. The van der Waals surface area contributed by atoms with Crippen molar-refractivity contribution in [3.63, 3.8) is 0 Å². The van der Waals surface area contributed by atoms with E-state index in [1.807, 2.05) is 18.7 Å². The van der Waals surface area contributed by atoms with Crippen LogP contribution in [0.1, 0.15) is 34.3 Å². The van der Waals surface area contributed by atoms with Crippen LogP contribution in [0, 0.1) is 24.0 Å². The number of rotatable bonds is 5. The minimum Gasteiger partial charge on any atom is -0.490 e. The molecule has 1 saturated heterocycles. The standard InChI is InChI=1S/C23H24N4O4/c1-16-3-4-17(2)22(13-16)31-21-9-11-25(12-10-21)23(28)18-14-24-26(15-18)19-5-7-20(8-6-19)27(29)30/h3-8,13-15,21H,9-12H2,1-2H3. The summed E-state index contributed by atoms with van der Waals surface area (Å²) in [6.07, 6.45) is 4.82. The van der Waals surface area contributed by atoms with Crippen LogP contribution in [-0.4, -0.2) is 44.7 Å². The Morgan fingerprint density at radius 3 is 2.52 bits per heavy atom. The molecule has 0 N–H and O–H groups in total. The van der Waals surface area contributed by atoms with Crippen molar-refractivity contribution in [2.45, 2.75) is 32.8 Å². The molecule has 0 radical (unpaired) electrons. The first-order valence-corrected chi connectivity index (χ1v) is 10.2. The molecule has 3 aromatic rings.